The van der Waals surface area contributed by atoms with Crippen LogP contribution in [0, 0.1) is 0 Å². The summed E-state index contributed by atoms with van der Waals surface area (Å²) >= 11 is 0. The van der Waals surface area contributed by atoms with Crippen LogP contribution in [0.2, 0.25) is 0 Å². The molecule has 1 aromatic carbocycles. The molecule has 0 aliphatic heterocycles. The van der Waals surface area contributed by atoms with Gasteiger partial charge in [-0.05, 0) is 36.4 Å². The molecule has 3 rings (SSSR count). The first-order valence-corrected chi connectivity index (χ1v) is 7.58. The summed E-state index contributed by atoms with van der Waals surface area (Å²) in [6.45, 7) is 0. The van der Waals surface area contributed by atoms with E-state index < -0.39 is 11.6 Å². The largest absolute Gasteiger partial charge is 0.458 e. The summed E-state index contributed by atoms with van der Waals surface area (Å²) in [5.74, 6) is -2.10. The van der Waals surface area contributed by atoms with E-state index in [0.717, 1.165) is 0 Å². The van der Waals surface area contributed by atoms with Crippen molar-refractivity contribution in [2.24, 2.45) is 11.5 Å². The predicted molar refractivity (Wildman–Crippen MR) is 89.7 cm³/mol. The highest BCUT2D eigenvalue weighted by Gasteiger charge is 2.29. The van der Waals surface area contributed by atoms with Crippen molar-refractivity contribution in [2.45, 2.75) is 24.4 Å². The Morgan fingerprint density at radius 2 is 1.29 bits per heavy atom. The van der Waals surface area contributed by atoms with Crippen LogP contribution in [-0.2, 0) is 0 Å². The molecule has 1 aromatic rings. The summed E-state index contributed by atoms with van der Waals surface area (Å²) in [6.07, 6.45) is 10.1. The Labute approximate surface area is 140 Å². The minimum Gasteiger partial charge on any atom is -0.458 e. The van der Waals surface area contributed by atoms with Gasteiger partial charge in [0.15, 0.2) is 0 Å². The van der Waals surface area contributed by atoms with Crippen LogP contribution in [0.5, 0.6) is 11.5 Å². The Hall–Kier alpha value is -2.70. The molecule has 6 N–H and O–H groups in total. The van der Waals surface area contributed by atoms with Crippen LogP contribution in [0.3, 0.4) is 0 Å². The molecule has 2 aliphatic carbocycles. The number of rotatable bonds is 4. The molecule has 0 saturated carbocycles. The van der Waals surface area contributed by atoms with Crippen LogP contribution < -0.4 is 20.9 Å². The molecule has 0 radical (unpaired) electrons. The molecule has 2 aliphatic rings. The van der Waals surface area contributed by atoms with E-state index in [1.54, 1.807) is 48.6 Å². The first kappa shape index (κ1) is 16.2. The monoisotopic (exact) mass is 328 g/mol. The Kier molecular flexibility index (Phi) is 4.09. The van der Waals surface area contributed by atoms with Gasteiger partial charge in [-0.2, -0.15) is 0 Å². The molecular formula is C18H20N2O4. The zero-order valence-corrected chi connectivity index (χ0v) is 13.1. The Balaban J connectivity index is 1.71. The van der Waals surface area contributed by atoms with Gasteiger partial charge in [0, 0.05) is 30.3 Å². The van der Waals surface area contributed by atoms with E-state index in [2.05, 4.69) is 0 Å². The standard InChI is InChI=1S/C18H20N2O4/c19-13-4-8-17(21,9-5-13)23-15-2-1-3-16(12-15)24-18(22)10-6-14(20)7-11-18/h1-8,10,12,21-22H,9,11,19-20H2. The van der Waals surface area contributed by atoms with E-state index in [4.69, 9.17) is 20.9 Å². The maximum atomic E-state index is 10.4. The fourth-order valence-corrected chi connectivity index (χ4v) is 2.41. The summed E-state index contributed by atoms with van der Waals surface area (Å²) in [5, 5.41) is 20.8. The average Bonchev–Trinajstić information content (AvgIpc) is 2.54. The molecule has 2 unspecified atom stereocenters. The normalized spacial score (nSPS) is 28.9. The van der Waals surface area contributed by atoms with Crippen molar-refractivity contribution >= 4 is 0 Å². The summed E-state index contributed by atoms with van der Waals surface area (Å²) in [4.78, 5) is 0. The van der Waals surface area contributed by atoms with Crippen LogP contribution in [0.4, 0.5) is 0 Å². The summed E-state index contributed by atoms with van der Waals surface area (Å²) in [5.41, 5.74) is 12.4. The molecule has 0 aromatic heterocycles. The number of hydrogen-bond acceptors (Lipinski definition) is 6. The zero-order chi connectivity index (χ0) is 17.2. The van der Waals surface area contributed by atoms with Gasteiger partial charge in [0.25, 0.3) is 0 Å². The highest BCUT2D eigenvalue weighted by Crippen LogP contribution is 2.30. The molecule has 24 heavy (non-hydrogen) atoms. The van der Waals surface area contributed by atoms with Gasteiger partial charge >= 0.3 is 0 Å². The second-order valence-corrected chi connectivity index (χ2v) is 5.85. The number of aliphatic hydroxyl groups is 2. The number of benzene rings is 1. The lowest BCUT2D eigenvalue weighted by atomic mass is 10.1. The molecule has 0 spiro atoms. The van der Waals surface area contributed by atoms with Gasteiger partial charge in [-0.3, -0.25) is 0 Å². The fourth-order valence-electron chi connectivity index (χ4n) is 2.41. The van der Waals surface area contributed by atoms with Crippen LogP contribution in [0.15, 0.2) is 72.1 Å². The van der Waals surface area contributed by atoms with Gasteiger partial charge in [0.2, 0.25) is 11.6 Å². The minimum absolute atomic E-state index is 0.247. The van der Waals surface area contributed by atoms with Gasteiger partial charge in [-0.15, -0.1) is 0 Å². The van der Waals surface area contributed by atoms with Crippen molar-refractivity contribution in [1.29, 1.82) is 0 Å². The lowest BCUT2D eigenvalue weighted by Crippen LogP contribution is -2.35. The van der Waals surface area contributed by atoms with Crippen molar-refractivity contribution < 1.29 is 19.7 Å². The van der Waals surface area contributed by atoms with Crippen molar-refractivity contribution in [2.75, 3.05) is 0 Å². The van der Waals surface area contributed by atoms with Crippen molar-refractivity contribution in [3.63, 3.8) is 0 Å². The van der Waals surface area contributed by atoms with Crippen molar-refractivity contribution in [1.82, 2.24) is 0 Å². The molecule has 6 heteroatoms. The molecule has 6 nitrogen and oxygen atoms in total. The Morgan fingerprint density at radius 1 is 0.833 bits per heavy atom. The number of nitrogens with two attached hydrogens (primary N) is 2. The van der Waals surface area contributed by atoms with Gasteiger partial charge in [-0.25, -0.2) is 0 Å². The van der Waals surface area contributed by atoms with E-state index in [-0.39, 0.29) is 12.8 Å². The highest BCUT2D eigenvalue weighted by molar-refractivity contribution is 5.36. The summed E-state index contributed by atoms with van der Waals surface area (Å²) in [6, 6.07) is 6.70. The third-order valence-corrected chi connectivity index (χ3v) is 3.73. The number of hydrogen-bond donors (Lipinski definition) is 4. The second kappa shape index (κ2) is 6.07. The van der Waals surface area contributed by atoms with Gasteiger partial charge < -0.3 is 31.2 Å². The molecule has 0 bridgehead atoms. The van der Waals surface area contributed by atoms with Crippen molar-refractivity contribution in [3.05, 3.63) is 72.1 Å². The van der Waals surface area contributed by atoms with E-state index in [9.17, 15) is 10.2 Å². The van der Waals surface area contributed by atoms with Crippen LogP contribution in [0.1, 0.15) is 12.8 Å². The molecule has 0 fully saturated rings. The topological polar surface area (TPSA) is 111 Å². The van der Waals surface area contributed by atoms with E-state index in [0.29, 0.717) is 22.9 Å². The Morgan fingerprint density at radius 3 is 1.67 bits per heavy atom. The fraction of sp³-hybridized carbons (Fsp3) is 0.222. The molecule has 126 valence electrons. The lowest BCUT2D eigenvalue weighted by Gasteiger charge is -2.29. The second-order valence-electron chi connectivity index (χ2n) is 5.85. The van der Waals surface area contributed by atoms with E-state index in [1.807, 2.05) is 0 Å². The quantitative estimate of drug-likeness (QED) is 0.622. The SMILES string of the molecule is NC1=CCC(O)(Oc2cccc(OC3(O)C=CC(N)=CC3)c2)C=C1. The van der Waals surface area contributed by atoms with Gasteiger partial charge in [-0.1, -0.05) is 18.2 Å². The average molecular weight is 328 g/mol. The molecule has 0 saturated heterocycles. The third-order valence-electron chi connectivity index (χ3n) is 3.73. The Bertz CT molecular complexity index is 694. The van der Waals surface area contributed by atoms with E-state index in [1.165, 1.54) is 12.2 Å². The molecule has 0 amide bonds. The van der Waals surface area contributed by atoms with Crippen molar-refractivity contribution in [3.8, 4) is 11.5 Å². The maximum Gasteiger partial charge on any atom is 0.231 e. The maximum absolute atomic E-state index is 10.4. The van der Waals surface area contributed by atoms with Gasteiger partial charge in [0.05, 0.1) is 0 Å². The predicted octanol–water partition coefficient (Wildman–Crippen LogP) is 1.43. The molecule has 0 heterocycles. The highest BCUT2D eigenvalue weighted by atomic mass is 16.6. The summed E-state index contributed by atoms with van der Waals surface area (Å²) in [7, 11) is 0. The molecular weight excluding hydrogens is 308 g/mol. The van der Waals surface area contributed by atoms with Crippen LogP contribution in [0.25, 0.3) is 0 Å². The zero-order valence-electron chi connectivity index (χ0n) is 13.1. The number of allylic oxidation sites excluding steroid dienone is 2. The van der Waals surface area contributed by atoms with E-state index >= 15 is 0 Å². The van der Waals surface area contributed by atoms with Crippen LogP contribution >= 0.6 is 0 Å². The smallest absolute Gasteiger partial charge is 0.231 e. The minimum atomic E-state index is -1.46. The molecule has 2 atom stereocenters. The van der Waals surface area contributed by atoms with Crippen LogP contribution in [-0.4, -0.2) is 21.8 Å². The first-order chi connectivity index (χ1) is 11.4. The van der Waals surface area contributed by atoms with Gasteiger partial charge in [0.1, 0.15) is 11.5 Å². The third kappa shape index (κ3) is 3.79. The lowest BCUT2D eigenvalue weighted by molar-refractivity contribution is -0.0961. The first-order valence-electron chi connectivity index (χ1n) is 7.58. The number of ether oxygens (including phenoxy) is 2. The summed E-state index contributed by atoms with van der Waals surface area (Å²) < 4.78 is 11.3.